The van der Waals surface area contributed by atoms with Crippen LogP contribution in [0.15, 0.2) is 60.7 Å². The highest BCUT2D eigenvalue weighted by molar-refractivity contribution is 5.85. The topological polar surface area (TPSA) is 55.8 Å². The molecule has 3 rings (SSSR count). The zero-order chi connectivity index (χ0) is 19.4. The minimum Gasteiger partial charge on any atom is -0.458 e. The average Bonchev–Trinajstić information content (AvgIpc) is 2.59. The molecular formula is C22H25NO4. The van der Waals surface area contributed by atoms with Gasteiger partial charge in [0.15, 0.2) is 0 Å². The summed E-state index contributed by atoms with van der Waals surface area (Å²) in [7, 11) is 0. The van der Waals surface area contributed by atoms with E-state index in [1.807, 2.05) is 81.4 Å². The highest BCUT2D eigenvalue weighted by atomic mass is 16.6. The second-order valence-electron chi connectivity index (χ2n) is 7.69. The summed E-state index contributed by atoms with van der Waals surface area (Å²) in [6.07, 6.45) is -0.498. The van der Waals surface area contributed by atoms with Crippen molar-refractivity contribution in [3.05, 3.63) is 71.8 Å². The van der Waals surface area contributed by atoms with E-state index in [0.717, 1.165) is 11.1 Å². The Kier molecular flexibility index (Phi) is 5.49. The summed E-state index contributed by atoms with van der Waals surface area (Å²) in [5.74, 6) is -0.496. The number of ether oxygens (including phenoxy) is 2. The van der Waals surface area contributed by atoms with E-state index in [1.54, 1.807) is 0 Å². The molecule has 0 aromatic heterocycles. The largest absolute Gasteiger partial charge is 0.458 e. The van der Waals surface area contributed by atoms with E-state index in [4.69, 9.17) is 9.47 Å². The number of esters is 1. The maximum atomic E-state index is 12.7. The van der Waals surface area contributed by atoms with Crippen LogP contribution in [-0.2, 0) is 20.9 Å². The third-order valence-corrected chi connectivity index (χ3v) is 4.43. The van der Waals surface area contributed by atoms with Crippen molar-refractivity contribution >= 4 is 12.1 Å². The third kappa shape index (κ3) is 4.67. The Morgan fingerprint density at radius 1 is 1.00 bits per heavy atom. The lowest BCUT2D eigenvalue weighted by Gasteiger charge is -2.46. The Morgan fingerprint density at radius 2 is 1.59 bits per heavy atom. The van der Waals surface area contributed by atoms with Crippen LogP contribution in [-0.4, -0.2) is 35.2 Å². The number of rotatable bonds is 4. The zero-order valence-electron chi connectivity index (χ0n) is 15.9. The van der Waals surface area contributed by atoms with Crippen LogP contribution in [0.2, 0.25) is 0 Å². The van der Waals surface area contributed by atoms with Gasteiger partial charge >= 0.3 is 12.1 Å². The molecule has 2 aromatic carbocycles. The number of hydrogen-bond acceptors (Lipinski definition) is 4. The zero-order valence-corrected chi connectivity index (χ0v) is 15.9. The molecule has 1 heterocycles. The van der Waals surface area contributed by atoms with Crippen LogP contribution in [0.25, 0.3) is 0 Å². The van der Waals surface area contributed by atoms with E-state index in [2.05, 4.69) is 0 Å². The minimum absolute atomic E-state index is 0.0923. The molecule has 142 valence electrons. The van der Waals surface area contributed by atoms with Gasteiger partial charge in [0.1, 0.15) is 18.2 Å². The van der Waals surface area contributed by atoms with E-state index in [1.165, 1.54) is 4.90 Å². The molecule has 5 nitrogen and oxygen atoms in total. The van der Waals surface area contributed by atoms with Gasteiger partial charge < -0.3 is 9.47 Å². The lowest BCUT2D eigenvalue weighted by molar-refractivity contribution is -0.166. The predicted molar refractivity (Wildman–Crippen MR) is 102 cm³/mol. The number of carbonyl (C=O) groups excluding carboxylic acids is 2. The molecule has 2 atom stereocenters. The predicted octanol–water partition coefficient (Wildman–Crippen LogP) is 4.13. The second-order valence-corrected chi connectivity index (χ2v) is 7.69. The van der Waals surface area contributed by atoms with Crippen molar-refractivity contribution in [3.8, 4) is 0 Å². The highest BCUT2D eigenvalue weighted by Gasteiger charge is 2.49. The van der Waals surface area contributed by atoms with Crippen molar-refractivity contribution in [1.82, 2.24) is 4.90 Å². The Bertz CT molecular complexity index is 783. The Hall–Kier alpha value is -2.82. The van der Waals surface area contributed by atoms with Crippen molar-refractivity contribution in [3.63, 3.8) is 0 Å². The van der Waals surface area contributed by atoms with Gasteiger partial charge in [-0.3, -0.25) is 4.90 Å². The molecule has 5 heteroatoms. The summed E-state index contributed by atoms with van der Waals surface area (Å²) in [4.78, 5) is 26.7. The van der Waals surface area contributed by atoms with E-state index >= 15 is 0 Å². The SMILES string of the molecule is CC(C)(C)OC(=O)[C@@H]1[C@H](c2ccccc2)CN1C(=O)OCc1ccccc1. The summed E-state index contributed by atoms with van der Waals surface area (Å²) in [5.41, 5.74) is 1.30. The normalized spacial score (nSPS) is 19.1. The number of likely N-dealkylation sites (tertiary alicyclic amines) is 1. The second kappa shape index (κ2) is 7.82. The molecule has 2 aromatic rings. The number of carbonyl (C=O) groups is 2. The van der Waals surface area contributed by atoms with E-state index in [9.17, 15) is 9.59 Å². The van der Waals surface area contributed by atoms with Crippen LogP contribution >= 0.6 is 0 Å². The molecule has 1 amide bonds. The van der Waals surface area contributed by atoms with Crippen molar-refractivity contribution in [2.24, 2.45) is 0 Å². The maximum Gasteiger partial charge on any atom is 0.410 e. The van der Waals surface area contributed by atoms with Gasteiger partial charge in [0, 0.05) is 12.5 Å². The van der Waals surface area contributed by atoms with Gasteiger partial charge in [-0.1, -0.05) is 60.7 Å². The Balaban J connectivity index is 1.71. The van der Waals surface area contributed by atoms with Crippen LogP contribution in [0.1, 0.15) is 37.8 Å². The van der Waals surface area contributed by atoms with Crippen LogP contribution < -0.4 is 0 Å². The minimum atomic E-state index is -0.671. The quantitative estimate of drug-likeness (QED) is 0.763. The van der Waals surface area contributed by atoms with Gasteiger partial charge in [0.25, 0.3) is 0 Å². The van der Waals surface area contributed by atoms with Gasteiger partial charge in [0.05, 0.1) is 0 Å². The molecule has 0 spiro atoms. The van der Waals surface area contributed by atoms with Crippen LogP contribution in [0.3, 0.4) is 0 Å². The van der Waals surface area contributed by atoms with Crippen molar-refractivity contribution in [1.29, 1.82) is 0 Å². The fourth-order valence-electron chi connectivity index (χ4n) is 3.14. The van der Waals surface area contributed by atoms with Crippen molar-refractivity contribution in [2.75, 3.05) is 6.54 Å². The van der Waals surface area contributed by atoms with Gasteiger partial charge in [-0.15, -0.1) is 0 Å². The van der Waals surface area contributed by atoms with Crippen LogP contribution in [0, 0.1) is 0 Å². The van der Waals surface area contributed by atoms with E-state index < -0.39 is 23.7 Å². The maximum absolute atomic E-state index is 12.7. The lowest BCUT2D eigenvalue weighted by Crippen LogP contribution is -2.61. The van der Waals surface area contributed by atoms with Crippen LogP contribution in [0.5, 0.6) is 0 Å². The number of benzene rings is 2. The fraction of sp³-hybridized carbons (Fsp3) is 0.364. The first kappa shape index (κ1) is 19.0. The molecule has 0 saturated carbocycles. The summed E-state index contributed by atoms with van der Waals surface area (Å²) >= 11 is 0. The summed E-state index contributed by atoms with van der Waals surface area (Å²) < 4.78 is 11.0. The molecule has 1 fully saturated rings. The van der Waals surface area contributed by atoms with Crippen molar-refractivity contribution < 1.29 is 19.1 Å². The molecule has 1 saturated heterocycles. The standard InChI is InChI=1S/C22H25NO4/c1-22(2,3)27-20(24)19-18(17-12-8-5-9-13-17)14-23(19)21(25)26-15-16-10-6-4-7-11-16/h4-13,18-19H,14-15H2,1-3H3/t18-,19-/m0/s1. The number of hydrogen-bond donors (Lipinski definition) is 0. The van der Waals surface area contributed by atoms with Gasteiger partial charge in [-0.2, -0.15) is 0 Å². The summed E-state index contributed by atoms with van der Waals surface area (Å²) in [6, 6.07) is 18.5. The molecule has 0 N–H and O–H groups in total. The van der Waals surface area contributed by atoms with Gasteiger partial charge in [-0.25, -0.2) is 9.59 Å². The highest BCUT2D eigenvalue weighted by Crippen LogP contribution is 2.36. The first-order valence-corrected chi connectivity index (χ1v) is 9.10. The third-order valence-electron chi connectivity index (χ3n) is 4.43. The lowest BCUT2D eigenvalue weighted by atomic mass is 9.82. The molecule has 27 heavy (non-hydrogen) atoms. The molecular weight excluding hydrogens is 342 g/mol. The number of amides is 1. The molecule has 0 aliphatic carbocycles. The first-order chi connectivity index (χ1) is 12.8. The smallest absolute Gasteiger partial charge is 0.410 e. The Labute approximate surface area is 159 Å². The van der Waals surface area contributed by atoms with E-state index in [-0.39, 0.29) is 12.5 Å². The van der Waals surface area contributed by atoms with Gasteiger partial charge in [-0.05, 0) is 31.9 Å². The summed E-state index contributed by atoms with van der Waals surface area (Å²) in [6.45, 7) is 6.06. The molecule has 0 unspecified atom stereocenters. The van der Waals surface area contributed by atoms with Crippen LogP contribution in [0.4, 0.5) is 4.79 Å². The Morgan fingerprint density at radius 3 is 2.19 bits per heavy atom. The summed E-state index contributed by atoms with van der Waals surface area (Å²) in [5, 5.41) is 0. The first-order valence-electron chi connectivity index (χ1n) is 9.10. The monoisotopic (exact) mass is 367 g/mol. The van der Waals surface area contributed by atoms with E-state index in [0.29, 0.717) is 6.54 Å². The number of nitrogens with zero attached hydrogens (tertiary/aromatic N) is 1. The average molecular weight is 367 g/mol. The van der Waals surface area contributed by atoms with Crippen molar-refractivity contribution in [2.45, 2.75) is 44.9 Å². The molecule has 1 aliphatic heterocycles. The van der Waals surface area contributed by atoms with Gasteiger partial charge in [0.2, 0.25) is 0 Å². The molecule has 0 radical (unpaired) electrons. The molecule has 1 aliphatic rings. The fourth-order valence-corrected chi connectivity index (χ4v) is 3.14. The molecule has 0 bridgehead atoms.